The number of hydrogen-bond acceptors (Lipinski definition) is 1. The minimum atomic E-state index is 0.781. The largest absolute Gasteiger partial charge is 0.281 e. The zero-order chi connectivity index (χ0) is 4.12. The molecule has 0 heterocycles. The Bertz CT molecular complexity index is 33.9. The predicted molar refractivity (Wildman–Crippen MR) is 24.9 cm³/mol. The fourth-order valence-corrected chi connectivity index (χ4v) is 0.207. The van der Waals surface area contributed by atoms with Gasteiger partial charge in [0.1, 0.15) is 0 Å². The van der Waals surface area contributed by atoms with Gasteiger partial charge in [-0.3, -0.25) is 4.99 Å². The first-order valence-corrected chi connectivity index (χ1v) is 1.94. The van der Waals surface area contributed by atoms with Crippen molar-refractivity contribution in [1.29, 1.82) is 0 Å². The molecule has 0 amide bonds. The van der Waals surface area contributed by atoms with E-state index in [1.54, 1.807) is 0 Å². The third kappa shape index (κ3) is 3.96. The maximum Gasteiger partial charge on any atom is 0.0870 e. The zero-order valence-electron chi connectivity index (χ0n) is 3.11. The van der Waals surface area contributed by atoms with Gasteiger partial charge in [0.2, 0.25) is 0 Å². The first-order chi connectivity index (χ1) is 2.41. The second kappa shape index (κ2) is 3.96. The van der Waals surface area contributed by atoms with Crippen LogP contribution in [0.4, 0.5) is 0 Å². The molecule has 1 nitrogen and oxygen atoms in total. The third-order valence-corrected chi connectivity index (χ3v) is 0.390. The molecule has 0 aromatic rings. The fourth-order valence-electron chi connectivity index (χ4n) is 0.0690. The molecule has 0 N–H and O–H groups in total. The molecule has 0 aliphatic heterocycles. The van der Waals surface area contributed by atoms with E-state index in [-0.39, 0.29) is 0 Å². The van der Waals surface area contributed by atoms with E-state index in [0.29, 0.717) is 0 Å². The van der Waals surface area contributed by atoms with Gasteiger partial charge in [-0.25, -0.2) is 0 Å². The maximum absolute atomic E-state index is 5.01. The highest BCUT2D eigenvalue weighted by atomic mass is 35.5. The van der Waals surface area contributed by atoms with E-state index in [0.717, 1.165) is 6.54 Å². The van der Waals surface area contributed by atoms with Gasteiger partial charge in [-0.15, -0.1) is 0 Å². The number of hydrogen-bond donors (Lipinski definition) is 0. The lowest BCUT2D eigenvalue weighted by Crippen LogP contribution is -1.60. The topological polar surface area (TPSA) is 12.4 Å². The quantitative estimate of drug-likeness (QED) is 0.431. The van der Waals surface area contributed by atoms with Gasteiger partial charge in [0.25, 0.3) is 0 Å². The van der Waals surface area contributed by atoms with E-state index in [2.05, 4.69) is 4.99 Å². The molecule has 0 bridgehead atoms. The van der Waals surface area contributed by atoms with Gasteiger partial charge < -0.3 is 0 Å². The van der Waals surface area contributed by atoms with E-state index in [9.17, 15) is 0 Å². The first kappa shape index (κ1) is 4.96. The maximum atomic E-state index is 5.01. The molecule has 0 aliphatic carbocycles. The summed E-state index contributed by atoms with van der Waals surface area (Å²) < 4.78 is 0. The average molecular weight is 91.5 g/mol. The molecule has 30 valence electrons. The van der Waals surface area contributed by atoms with Crippen molar-refractivity contribution in [3.05, 3.63) is 0 Å². The molecule has 0 aromatic heterocycles. The molecule has 5 heavy (non-hydrogen) atoms. The van der Waals surface area contributed by atoms with Crippen LogP contribution in [0.2, 0.25) is 0 Å². The van der Waals surface area contributed by atoms with Crippen LogP contribution in [0.3, 0.4) is 0 Å². The summed E-state index contributed by atoms with van der Waals surface area (Å²) in [5, 5.41) is 0. The second-order valence-corrected chi connectivity index (χ2v) is 0.792. The lowest BCUT2D eigenvalue weighted by atomic mass is 10.8. The van der Waals surface area contributed by atoms with E-state index in [1.165, 1.54) is 5.67 Å². The van der Waals surface area contributed by atoms with Crippen molar-refractivity contribution in [2.45, 2.75) is 6.92 Å². The van der Waals surface area contributed by atoms with Gasteiger partial charge in [-0.2, -0.15) is 0 Å². The van der Waals surface area contributed by atoms with E-state index < -0.39 is 0 Å². The highest BCUT2D eigenvalue weighted by molar-refractivity contribution is 6.56. The molecule has 0 saturated heterocycles. The first-order valence-electron chi connectivity index (χ1n) is 1.50. The molecule has 0 atom stereocenters. The van der Waals surface area contributed by atoms with Crippen molar-refractivity contribution in [2.75, 3.05) is 6.54 Å². The molecule has 0 aromatic carbocycles. The zero-order valence-corrected chi connectivity index (χ0v) is 3.87. The summed E-state index contributed by atoms with van der Waals surface area (Å²) in [4.78, 5) is 3.61. The summed E-state index contributed by atoms with van der Waals surface area (Å²) in [5.74, 6) is 0. The second-order valence-electron chi connectivity index (χ2n) is 0.596. The lowest BCUT2D eigenvalue weighted by Gasteiger charge is -1.66. The van der Waals surface area contributed by atoms with Crippen LogP contribution >= 0.6 is 11.6 Å². The fraction of sp³-hybridized carbons (Fsp3) is 0.667. The Morgan fingerprint density at radius 1 is 2.00 bits per heavy atom. The molecular formula is C3H6ClN. The van der Waals surface area contributed by atoms with Crippen LogP contribution in [0.15, 0.2) is 4.99 Å². The van der Waals surface area contributed by atoms with Crippen molar-refractivity contribution < 1.29 is 0 Å². The van der Waals surface area contributed by atoms with Crippen LogP contribution in [0, 0.1) is 0 Å². The van der Waals surface area contributed by atoms with Crippen LogP contribution in [-0.2, 0) is 0 Å². The molecular weight excluding hydrogens is 85.5 g/mol. The van der Waals surface area contributed by atoms with Gasteiger partial charge in [0.15, 0.2) is 0 Å². The molecule has 0 saturated carbocycles. The Hall–Kier alpha value is -0.0400. The van der Waals surface area contributed by atoms with Gasteiger partial charge >= 0.3 is 0 Å². The standard InChI is InChI=1S/C3H6ClN/c1-2-5-3-4/h3H,2H2,1H3/b5-3+. The van der Waals surface area contributed by atoms with E-state index >= 15 is 0 Å². The highest BCUT2D eigenvalue weighted by Gasteiger charge is 1.52. The van der Waals surface area contributed by atoms with Crippen LogP contribution in [0.1, 0.15) is 6.92 Å². The van der Waals surface area contributed by atoms with Crippen LogP contribution in [0.5, 0.6) is 0 Å². The molecule has 0 aliphatic rings. The monoisotopic (exact) mass is 91.0 g/mol. The lowest BCUT2D eigenvalue weighted by molar-refractivity contribution is 1.15. The van der Waals surface area contributed by atoms with Gasteiger partial charge in [-0.1, -0.05) is 11.6 Å². The Morgan fingerprint density at radius 2 is 2.60 bits per heavy atom. The Kier molecular flexibility index (Phi) is 3.93. The van der Waals surface area contributed by atoms with Crippen molar-refractivity contribution in [2.24, 2.45) is 4.99 Å². The minimum absolute atomic E-state index is 0.781. The molecule has 0 radical (unpaired) electrons. The molecule has 0 fully saturated rings. The Morgan fingerprint density at radius 3 is 2.60 bits per heavy atom. The number of halogens is 1. The van der Waals surface area contributed by atoms with Crippen LogP contribution in [-0.4, -0.2) is 12.2 Å². The average Bonchev–Trinajstić information content (AvgIpc) is 1.41. The summed E-state index contributed by atoms with van der Waals surface area (Å²) >= 11 is 5.01. The SMILES string of the molecule is CC/N=C/Cl. The van der Waals surface area contributed by atoms with E-state index in [1.807, 2.05) is 6.92 Å². The molecule has 0 unspecified atom stereocenters. The normalized spacial score (nSPS) is 10.0. The van der Waals surface area contributed by atoms with Crippen molar-refractivity contribution in [3.63, 3.8) is 0 Å². The molecule has 0 rings (SSSR count). The summed E-state index contributed by atoms with van der Waals surface area (Å²) in [5.41, 5.74) is 1.28. The van der Waals surface area contributed by atoms with E-state index in [4.69, 9.17) is 11.6 Å². The van der Waals surface area contributed by atoms with Crippen molar-refractivity contribution in [1.82, 2.24) is 0 Å². The van der Waals surface area contributed by atoms with Gasteiger partial charge in [0.05, 0.1) is 5.67 Å². The Balaban J connectivity index is 2.62. The summed E-state index contributed by atoms with van der Waals surface area (Å²) in [6.45, 7) is 2.71. The minimum Gasteiger partial charge on any atom is -0.281 e. The number of nitrogens with zero attached hydrogens (tertiary/aromatic N) is 1. The molecule has 0 spiro atoms. The third-order valence-electron chi connectivity index (χ3n) is 0.252. The number of aliphatic imine (C=N–C) groups is 1. The smallest absolute Gasteiger partial charge is 0.0870 e. The predicted octanol–water partition coefficient (Wildman–Crippen LogP) is 1.27. The summed E-state index contributed by atoms with van der Waals surface area (Å²) in [7, 11) is 0. The molecule has 2 heteroatoms. The van der Waals surface area contributed by atoms with Crippen molar-refractivity contribution in [3.8, 4) is 0 Å². The summed E-state index contributed by atoms with van der Waals surface area (Å²) in [6.07, 6.45) is 0. The summed E-state index contributed by atoms with van der Waals surface area (Å²) in [6, 6.07) is 0. The van der Waals surface area contributed by atoms with Crippen molar-refractivity contribution >= 4 is 17.3 Å². The van der Waals surface area contributed by atoms with Crippen LogP contribution < -0.4 is 0 Å². The highest BCUT2D eigenvalue weighted by Crippen LogP contribution is 1.63. The van der Waals surface area contributed by atoms with Gasteiger partial charge in [-0.05, 0) is 6.92 Å². The van der Waals surface area contributed by atoms with Gasteiger partial charge in [0, 0.05) is 6.54 Å². The Labute approximate surface area is 36.7 Å². The number of rotatable bonds is 1. The van der Waals surface area contributed by atoms with Crippen LogP contribution in [0.25, 0.3) is 0 Å².